The van der Waals surface area contributed by atoms with Gasteiger partial charge in [0.15, 0.2) is 5.71 Å². The van der Waals surface area contributed by atoms with Gasteiger partial charge in [0.2, 0.25) is 0 Å². The van der Waals surface area contributed by atoms with Crippen LogP contribution in [0, 0.1) is 5.41 Å². The van der Waals surface area contributed by atoms with Crippen molar-refractivity contribution in [1.82, 2.24) is 5.32 Å². The Bertz CT molecular complexity index is 480. The van der Waals surface area contributed by atoms with Gasteiger partial charge in [-0.25, -0.2) is 4.79 Å². The third-order valence-corrected chi connectivity index (χ3v) is 2.40. The molecule has 0 saturated heterocycles. The number of hydrogen-bond acceptors (Lipinski definition) is 6. The van der Waals surface area contributed by atoms with E-state index in [4.69, 9.17) is 15.9 Å². The van der Waals surface area contributed by atoms with Gasteiger partial charge in [-0.1, -0.05) is 12.1 Å². The lowest BCUT2D eigenvalue weighted by Crippen LogP contribution is -2.23. The van der Waals surface area contributed by atoms with Gasteiger partial charge < -0.3 is 20.5 Å². The zero-order chi connectivity index (χ0) is 14.3. The second kappa shape index (κ2) is 7.05. The normalized spacial score (nSPS) is 10.7. The van der Waals surface area contributed by atoms with E-state index >= 15 is 0 Å². The highest BCUT2D eigenvalue weighted by atomic mass is 16.5. The van der Waals surface area contributed by atoms with Crippen molar-refractivity contribution < 1.29 is 14.3 Å². The van der Waals surface area contributed by atoms with Crippen molar-refractivity contribution in [3.05, 3.63) is 41.7 Å². The molecule has 19 heavy (non-hydrogen) atoms. The van der Waals surface area contributed by atoms with E-state index in [1.807, 2.05) is 24.3 Å². The molecule has 6 nitrogen and oxygen atoms in total. The molecule has 6 heteroatoms. The molecule has 0 aliphatic rings. The van der Waals surface area contributed by atoms with Crippen LogP contribution < -0.4 is 15.8 Å². The topological polar surface area (TPSA) is 97.4 Å². The first-order valence-electron chi connectivity index (χ1n) is 5.57. The van der Waals surface area contributed by atoms with Gasteiger partial charge >= 0.3 is 5.97 Å². The molecule has 0 bridgehead atoms. The molecular weight excluding hydrogens is 246 g/mol. The van der Waals surface area contributed by atoms with E-state index in [0.717, 1.165) is 11.3 Å². The van der Waals surface area contributed by atoms with Crippen molar-refractivity contribution in [1.29, 1.82) is 5.41 Å². The third-order valence-electron chi connectivity index (χ3n) is 2.40. The number of benzene rings is 1. The smallest absolute Gasteiger partial charge is 0.358 e. The molecule has 4 N–H and O–H groups in total. The van der Waals surface area contributed by atoms with Crippen molar-refractivity contribution in [2.24, 2.45) is 5.73 Å². The predicted octanol–water partition coefficient (Wildman–Crippen LogP) is 0.778. The number of methoxy groups -OCH3 is 2. The zero-order valence-corrected chi connectivity index (χ0v) is 10.9. The maximum atomic E-state index is 11.0. The van der Waals surface area contributed by atoms with E-state index < -0.39 is 5.97 Å². The summed E-state index contributed by atoms with van der Waals surface area (Å²) in [7, 11) is 2.81. The molecule has 1 rings (SSSR count). The second-order valence-electron chi connectivity index (χ2n) is 3.70. The van der Waals surface area contributed by atoms with Crippen molar-refractivity contribution in [2.45, 2.75) is 6.54 Å². The Morgan fingerprint density at radius 1 is 1.37 bits per heavy atom. The standard InChI is InChI=1S/C13H17N3O3/c1-18-10-5-3-9(4-6-10)7-16-8-11(14)12(15)13(17)19-2/h3-6,8,15-16H,7,14H2,1-2H3/b11-8+,15-12?. The molecule has 0 unspecified atom stereocenters. The summed E-state index contributed by atoms with van der Waals surface area (Å²) >= 11 is 0. The number of nitrogens with two attached hydrogens (primary N) is 1. The van der Waals surface area contributed by atoms with Crippen molar-refractivity contribution >= 4 is 11.7 Å². The highest BCUT2D eigenvalue weighted by molar-refractivity contribution is 6.41. The Balaban J connectivity index is 2.52. The van der Waals surface area contributed by atoms with E-state index in [9.17, 15) is 4.79 Å². The molecule has 1 aromatic carbocycles. The highest BCUT2D eigenvalue weighted by Gasteiger charge is 2.11. The maximum absolute atomic E-state index is 11.0. The van der Waals surface area contributed by atoms with Crippen LogP contribution in [0.25, 0.3) is 0 Å². The van der Waals surface area contributed by atoms with Gasteiger partial charge in [0.05, 0.1) is 19.9 Å². The Morgan fingerprint density at radius 2 is 2.00 bits per heavy atom. The number of rotatable bonds is 6. The average Bonchev–Trinajstić information content (AvgIpc) is 2.46. The van der Waals surface area contributed by atoms with Gasteiger partial charge in [-0.05, 0) is 17.7 Å². The molecular formula is C13H17N3O3. The van der Waals surface area contributed by atoms with Crippen LogP contribution in [0.5, 0.6) is 5.75 Å². The summed E-state index contributed by atoms with van der Waals surface area (Å²) in [6, 6.07) is 7.50. The molecule has 0 aromatic heterocycles. The monoisotopic (exact) mass is 263 g/mol. The quantitative estimate of drug-likeness (QED) is 0.520. The van der Waals surface area contributed by atoms with Gasteiger partial charge in [-0.15, -0.1) is 0 Å². The number of hydrogen-bond donors (Lipinski definition) is 3. The molecule has 102 valence electrons. The van der Waals surface area contributed by atoms with Gasteiger partial charge in [0.1, 0.15) is 5.75 Å². The molecule has 0 fully saturated rings. The summed E-state index contributed by atoms with van der Waals surface area (Å²) in [5.74, 6) is 0.0197. The SMILES string of the molecule is COC(=O)C(=N)/C(N)=C\NCc1ccc(OC)cc1. The first kappa shape index (κ1) is 14.6. The number of carbonyl (C=O) groups is 1. The third kappa shape index (κ3) is 4.34. The Kier molecular flexibility index (Phi) is 5.40. The number of ether oxygens (including phenoxy) is 2. The summed E-state index contributed by atoms with van der Waals surface area (Å²) in [4.78, 5) is 11.0. The molecule has 0 saturated carbocycles. The van der Waals surface area contributed by atoms with Gasteiger partial charge in [0, 0.05) is 12.7 Å². The Labute approximate surface area is 111 Å². The van der Waals surface area contributed by atoms with Crippen LogP contribution in [0.2, 0.25) is 0 Å². The van der Waals surface area contributed by atoms with E-state index in [0.29, 0.717) is 6.54 Å². The molecule has 0 spiro atoms. The fourth-order valence-electron chi connectivity index (χ4n) is 1.31. The first-order chi connectivity index (χ1) is 9.08. The minimum absolute atomic E-state index is 0.0281. The minimum Gasteiger partial charge on any atom is -0.497 e. The van der Waals surface area contributed by atoms with Gasteiger partial charge in [-0.3, -0.25) is 5.41 Å². The predicted molar refractivity (Wildman–Crippen MR) is 71.8 cm³/mol. The molecule has 0 aliphatic heterocycles. The molecule has 0 aliphatic carbocycles. The van der Waals surface area contributed by atoms with Crippen LogP contribution in [0.1, 0.15) is 5.56 Å². The van der Waals surface area contributed by atoms with Crippen LogP contribution in [0.15, 0.2) is 36.2 Å². The Hall–Kier alpha value is -2.50. The lowest BCUT2D eigenvalue weighted by atomic mass is 10.2. The maximum Gasteiger partial charge on any atom is 0.358 e. The lowest BCUT2D eigenvalue weighted by molar-refractivity contribution is -0.132. The summed E-state index contributed by atoms with van der Waals surface area (Å²) in [5, 5.41) is 10.3. The molecule has 0 atom stereocenters. The van der Waals surface area contributed by atoms with Crippen molar-refractivity contribution in [2.75, 3.05) is 14.2 Å². The highest BCUT2D eigenvalue weighted by Crippen LogP contribution is 2.10. The number of esters is 1. The zero-order valence-electron chi connectivity index (χ0n) is 10.9. The average molecular weight is 263 g/mol. The van der Waals surface area contributed by atoms with Crippen molar-refractivity contribution in [3.63, 3.8) is 0 Å². The summed E-state index contributed by atoms with van der Waals surface area (Å²) in [6.45, 7) is 0.527. The van der Waals surface area contributed by atoms with E-state index in [-0.39, 0.29) is 11.4 Å². The Morgan fingerprint density at radius 3 is 2.53 bits per heavy atom. The fraction of sp³-hybridized carbons (Fsp3) is 0.231. The lowest BCUT2D eigenvalue weighted by Gasteiger charge is -2.05. The van der Waals surface area contributed by atoms with E-state index in [1.165, 1.54) is 13.3 Å². The molecule has 1 aromatic rings. The summed E-state index contributed by atoms with van der Waals surface area (Å²) in [5.41, 5.74) is 6.24. The largest absolute Gasteiger partial charge is 0.497 e. The van der Waals surface area contributed by atoms with Crippen LogP contribution in [0.4, 0.5) is 0 Å². The van der Waals surface area contributed by atoms with Gasteiger partial charge in [-0.2, -0.15) is 0 Å². The summed E-state index contributed by atoms with van der Waals surface area (Å²) in [6.07, 6.45) is 1.41. The second-order valence-corrected chi connectivity index (χ2v) is 3.70. The van der Waals surface area contributed by atoms with Crippen LogP contribution in [-0.4, -0.2) is 25.9 Å². The molecule has 0 heterocycles. The van der Waals surface area contributed by atoms with E-state index in [2.05, 4.69) is 10.1 Å². The summed E-state index contributed by atoms with van der Waals surface area (Å²) < 4.78 is 9.45. The molecule has 0 radical (unpaired) electrons. The van der Waals surface area contributed by atoms with Crippen LogP contribution >= 0.6 is 0 Å². The van der Waals surface area contributed by atoms with Gasteiger partial charge in [0.25, 0.3) is 0 Å². The molecule has 0 amide bonds. The minimum atomic E-state index is -0.764. The van der Waals surface area contributed by atoms with Crippen LogP contribution in [0.3, 0.4) is 0 Å². The number of nitrogens with one attached hydrogen (secondary N) is 2. The number of carbonyl (C=O) groups excluding carboxylic acids is 1. The van der Waals surface area contributed by atoms with E-state index in [1.54, 1.807) is 7.11 Å². The van der Waals surface area contributed by atoms with Crippen molar-refractivity contribution in [3.8, 4) is 5.75 Å². The first-order valence-corrected chi connectivity index (χ1v) is 5.57. The fourth-order valence-corrected chi connectivity index (χ4v) is 1.31. The van der Waals surface area contributed by atoms with Crippen LogP contribution in [-0.2, 0) is 16.1 Å².